The molecule has 3 heterocycles. The number of piperidine rings is 1. The number of nitrogens with zero attached hydrogens (tertiary/aromatic N) is 2. The van der Waals surface area contributed by atoms with Crippen LogP contribution in [0.2, 0.25) is 0 Å². The molecule has 1 aromatic heterocycles. The second-order valence-electron chi connectivity index (χ2n) is 6.24. The van der Waals surface area contributed by atoms with Gasteiger partial charge in [-0.1, -0.05) is 30.3 Å². The molecular formula is C19H17N3. The molecule has 2 aromatic carbocycles. The van der Waals surface area contributed by atoms with Crippen molar-refractivity contribution in [3.8, 4) is 0 Å². The Kier molecular flexibility index (Phi) is 2.58. The van der Waals surface area contributed by atoms with Gasteiger partial charge in [0.05, 0.1) is 16.7 Å². The average molecular weight is 287 g/mol. The zero-order chi connectivity index (χ0) is 14.5. The Morgan fingerprint density at radius 1 is 1.05 bits per heavy atom. The molecule has 0 radical (unpaired) electrons. The molecule has 2 aliphatic rings. The number of para-hydroxylation sites is 1. The fourth-order valence-corrected chi connectivity index (χ4v) is 3.69. The van der Waals surface area contributed by atoms with Crippen molar-refractivity contribution in [2.24, 2.45) is 4.99 Å². The van der Waals surface area contributed by atoms with Gasteiger partial charge in [0.25, 0.3) is 0 Å². The van der Waals surface area contributed by atoms with Gasteiger partial charge in [0.2, 0.25) is 0 Å². The Balaban J connectivity index is 1.79. The normalized spacial score (nSPS) is 20.5. The van der Waals surface area contributed by atoms with E-state index in [0.717, 1.165) is 36.1 Å². The molecule has 0 amide bonds. The van der Waals surface area contributed by atoms with Crippen LogP contribution in [-0.4, -0.2) is 23.3 Å². The zero-order valence-corrected chi connectivity index (χ0v) is 12.3. The third-order valence-corrected chi connectivity index (χ3v) is 4.83. The molecule has 5 rings (SSSR count). The largest absolute Gasteiger partial charge is 0.309 e. The van der Waals surface area contributed by atoms with Crippen molar-refractivity contribution in [1.82, 2.24) is 10.3 Å². The molecule has 0 aliphatic carbocycles. The molecule has 0 bridgehead atoms. The number of hydrogen-bond acceptors (Lipinski definition) is 3. The molecule has 2 aliphatic heterocycles. The van der Waals surface area contributed by atoms with Gasteiger partial charge in [-0.25, -0.2) is 4.98 Å². The minimum atomic E-state index is 0.430. The number of hydrogen-bond donors (Lipinski definition) is 1. The first-order valence-corrected chi connectivity index (χ1v) is 8.01. The maximum atomic E-state index is 4.99. The van der Waals surface area contributed by atoms with Gasteiger partial charge in [-0.15, -0.1) is 0 Å². The number of benzene rings is 2. The quantitative estimate of drug-likeness (QED) is 0.639. The molecule has 1 N–H and O–H groups in total. The summed E-state index contributed by atoms with van der Waals surface area (Å²) in [5, 5.41) is 5.96. The highest BCUT2D eigenvalue weighted by atomic mass is 15.0. The van der Waals surface area contributed by atoms with Crippen LogP contribution in [0.3, 0.4) is 0 Å². The van der Waals surface area contributed by atoms with Gasteiger partial charge in [-0.3, -0.25) is 4.99 Å². The molecule has 3 nitrogen and oxygen atoms in total. The average Bonchev–Trinajstić information content (AvgIpc) is 2.58. The third-order valence-electron chi connectivity index (χ3n) is 4.83. The minimum absolute atomic E-state index is 0.430. The lowest BCUT2D eigenvalue weighted by molar-refractivity contribution is 0.550. The predicted molar refractivity (Wildman–Crippen MR) is 91.1 cm³/mol. The number of aromatic nitrogens is 1. The third kappa shape index (κ3) is 1.79. The highest BCUT2D eigenvalue weighted by Crippen LogP contribution is 2.35. The molecule has 22 heavy (non-hydrogen) atoms. The number of nitrogens with one attached hydrogen (secondary N) is 1. The van der Waals surface area contributed by atoms with Crippen LogP contribution in [0.15, 0.2) is 47.5 Å². The Labute approximate surface area is 129 Å². The van der Waals surface area contributed by atoms with E-state index in [9.17, 15) is 0 Å². The van der Waals surface area contributed by atoms with Crippen molar-refractivity contribution in [2.45, 2.75) is 25.3 Å². The van der Waals surface area contributed by atoms with Crippen LogP contribution < -0.4 is 5.32 Å². The van der Waals surface area contributed by atoms with Crippen LogP contribution in [0.5, 0.6) is 0 Å². The first kappa shape index (κ1) is 12.3. The molecule has 3 heteroatoms. The first-order valence-electron chi connectivity index (χ1n) is 8.01. The van der Waals surface area contributed by atoms with Gasteiger partial charge in [0.15, 0.2) is 0 Å². The number of rotatable bonds is 0. The standard InChI is InChI=1S/C19H17N3/c1-2-5-15-12(4-1)10-13-7-8-14-11-17-16(6-3-9-20-17)22-19(14)18(13)21-15/h1-2,4-5,7-8,10,17,20H,3,6,9,11H2. The van der Waals surface area contributed by atoms with Gasteiger partial charge in [-0.2, -0.15) is 0 Å². The molecule has 108 valence electrons. The highest BCUT2D eigenvalue weighted by molar-refractivity contribution is 6.03. The maximum Gasteiger partial charge on any atom is 0.0968 e. The van der Waals surface area contributed by atoms with Crippen molar-refractivity contribution in [1.29, 1.82) is 0 Å². The minimum Gasteiger partial charge on any atom is -0.309 e. The van der Waals surface area contributed by atoms with E-state index in [-0.39, 0.29) is 0 Å². The van der Waals surface area contributed by atoms with Crippen LogP contribution >= 0.6 is 0 Å². The number of pyridine rings is 1. The molecule has 3 aromatic rings. The Morgan fingerprint density at radius 3 is 3.00 bits per heavy atom. The smallest absolute Gasteiger partial charge is 0.0968 e. The fourth-order valence-electron chi connectivity index (χ4n) is 3.69. The molecule has 1 atom stereocenters. The molecule has 1 saturated heterocycles. The molecule has 0 spiro atoms. The fraction of sp³-hybridized carbons (Fsp3) is 0.263. The van der Waals surface area contributed by atoms with Crippen LogP contribution in [0.1, 0.15) is 18.4 Å². The second-order valence-corrected chi connectivity index (χ2v) is 6.24. The van der Waals surface area contributed by atoms with E-state index in [4.69, 9.17) is 9.98 Å². The van der Waals surface area contributed by atoms with Crippen molar-refractivity contribution in [3.05, 3.63) is 48.0 Å². The van der Waals surface area contributed by atoms with E-state index in [2.05, 4.69) is 41.7 Å². The first-order chi connectivity index (χ1) is 10.9. The van der Waals surface area contributed by atoms with Crippen molar-refractivity contribution >= 4 is 33.2 Å². The molecule has 0 saturated carbocycles. The Bertz CT molecular complexity index is 927. The monoisotopic (exact) mass is 287 g/mol. The van der Waals surface area contributed by atoms with Crippen molar-refractivity contribution in [2.75, 3.05) is 6.54 Å². The van der Waals surface area contributed by atoms with Gasteiger partial charge in [-0.05, 0) is 43.5 Å². The number of aliphatic imine (C=N–C) groups is 1. The maximum absolute atomic E-state index is 4.99. The summed E-state index contributed by atoms with van der Waals surface area (Å²) in [6.45, 7) is 1.11. The summed E-state index contributed by atoms with van der Waals surface area (Å²) in [4.78, 5) is 9.90. The summed E-state index contributed by atoms with van der Waals surface area (Å²) in [5.74, 6) is 0. The van der Waals surface area contributed by atoms with E-state index in [0.29, 0.717) is 6.04 Å². The Hall–Kier alpha value is -2.26. The Morgan fingerprint density at radius 2 is 2.00 bits per heavy atom. The highest BCUT2D eigenvalue weighted by Gasteiger charge is 2.26. The SMILES string of the molecule is c1ccc2nc3c4c(ccc3cc2c1)CC1NCCCC1=N4. The van der Waals surface area contributed by atoms with Gasteiger partial charge < -0.3 is 5.32 Å². The van der Waals surface area contributed by atoms with E-state index < -0.39 is 0 Å². The number of fused-ring (bicyclic) bond motifs is 5. The second kappa shape index (κ2) is 4.62. The summed E-state index contributed by atoms with van der Waals surface area (Å²) in [5.41, 5.74) is 5.82. The topological polar surface area (TPSA) is 37.3 Å². The summed E-state index contributed by atoms with van der Waals surface area (Å²) < 4.78 is 0. The van der Waals surface area contributed by atoms with E-state index in [1.165, 1.54) is 28.5 Å². The summed E-state index contributed by atoms with van der Waals surface area (Å²) >= 11 is 0. The van der Waals surface area contributed by atoms with Crippen molar-refractivity contribution in [3.63, 3.8) is 0 Å². The lowest BCUT2D eigenvalue weighted by Crippen LogP contribution is -2.44. The lowest BCUT2D eigenvalue weighted by atomic mass is 9.91. The van der Waals surface area contributed by atoms with E-state index in [1.807, 2.05) is 6.07 Å². The van der Waals surface area contributed by atoms with Crippen LogP contribution in [0, 0.1) is 0 Å². The zero-order valence-electron chi connectivity index (χ0n) is 12.3. The van der Waals surface area contributed by atoms with Crippen LogP contribution in [0.4, 0.5) is 5.69 Å². The van der Waals surface area contributed by atoms with E-state index in [1.54, 1.807) is 0 Å². The van der Waals surface area contributed by atoms with Crippen molar-refractivity contribution < 1.29 is 0 Å². The summed E-state index contributed by atoms with van der Waals surface area (Å²) in [6, 6.07) is 15.4. The van der Waals surface area contributed by atoms with Gasteiger partial charge in [0.1, 0.15) is 0 Å². The summed E-state index contributed by atoms with van der Waals surface area (Å²) in [6.07, 6.45) is 3.34. The summed E-state index contributed by atoms with van der Waals surface area (Å²) in [7, 11) is 0. The lowest BCUT2D eigenvalue weighted by Gasteiger charge is -2.30. The molecular weight excluding hydrogens is 270 g/mol. The van der Waals surface area contributed by atoms with E-state index >= 15 is 0 Å². The van der Waals surface area contributed by atoms with Crippen LogP contribution in [-0.2, 0) is 6.42 Å². The molecule has 1 unspecified atom stereocenters. The molecule has 1 fully saturated rings. The van der Waals surface area contributed by atoms with Gasteiger partial charge in [0, 0.05) is 22.5 Å². The van der Waals surface area contributed by atoms with Gasteiger partial charge >= 0.3 is 0 Å². The van der Waals surface area contributed by atoms with Crippen LogP contribution in [0.25, 0.3) is 21.8 Å². The predicted octanol–water partition coefficient (Wildman–Crippen LogP) is 3.77.